The molecular formula is C15H24BrN2O+. The molecule has 19 heavy (non-hydrogen) atoms. The highest BCUT2D eigenvalue weighted by Gasteiger charge is 2.34. The Kier molecular flexibility index (Phi) is 6.01. The third kappa shape index (κ3) is 3.80. The number of benzene rings is 1. The topological polar surface area (TPSA) is 29.1 Å². The molecule has 0 aliphatic carbocycles. The van der Waals surface area contributed by atoms with Crippen molar-refractivity contribution in [3.05, 3.63) is 28.7 Å². The second kappa shape index (κ2) is 7.06. The van der Waals surface area contributed by atoms with Crippen molar-refractivity contribution in [1.82, 2.24) is 0 Å². The second-order valence-electron chi connectivity index (χ2n) is 4.84. The summed E-state index contributed by atoms with van der Waals surface area (Å²) in [4.78, 5) is 12.4. The molecule has 1 atom stereocenters. The Balaban J connectivity index is 2.82. The summed E-state index contributed by atoms with van der Waals surface area (Å²) >= 11 is 3.41. The van der Waals surface area contributed by atoms with Gasteiger partial charge in [-0.05, 0) is 45.9 Å². The molecule has 0 aliphatic heterocycles. The number of halogens is 1. The van der Waals surface area contributed by atoms with Crippen LogP contribution in [-0.2, 0) is 4.79 Å². The van der Waals surface area contributed by atoms with E-state index in [4.69, 9.17) is 0 Å². The predicted molar refractivity (Wildman–Crippen MR) is 84.1 cm³/mol. The number of nitrogens with zero attached hydrogens (tertiary/aromatic N) is 1. The lowest BCUT2D eigenvalue weighted by Crippen LogP contribution is -2.58. The minimum absolute atomic E-state index is 0.0426. The molecule has 0 fully saturated rings. The first-order valence-electron chi connectivity index (χ1n) is 6.91. The van der Waals surface area contributed by atoms with Gasteiger partial charge >= 0.3 is 0 Å². The molecular weight excluding hydrogens is 304 g/mol. The van der Waals surface area contributed by atoms with Gasteiger partial charge in [-0.15, -0.1) is 0 Å². The van der Waals surface area contributed by atoms with Gasteiger partial charge in [0.15, 0.2) is 6.04 Å². The number of nitrogens with one attached hydrogen (secondary N) is 1. The van der Waals surface area contributed by atoms with E-state index in [-0.39, 0.29) is 11.9 Å². The highest BCUT2D eigenvalue weighted by atomic mass is 79.9. The molecule has 1 aromatic carbocycles. The standard InChI is InChI=1S/C15H23BrN2O/c1-5-18(6-2,7-3)12(4)15(19)17-14-10-8-9-13(16)11-14/h8-12H,5-7H2,1-4H3/p+1/t12-/m0/s1. The normalized spacial score (nSPS) is 13.1. The largest absolute Gasteiger partial charge is 0.321 e. The lowest BCUT2D eigenvalue weighted by molar-refractivity contribution is -0.936. The van der Waals surface area contributed by atoms with E-state index in [0.29, 0.717) is 0 Å². The number of rotatable bonds is 6. The van der Waals surface area contributed by atoms with E-state index in [2.05, 4.69) is 42.0 Å². The predicted octanol–water partition coefficient (Wildman–Crippen LogP) is 3.65. The Morgan fingerprint density at radius 3 is 2.32 bits per heavy atom. The summed E-state index contributed by atoms with van der Waals surface area (Å²) in [5.74, 6) is 0.0867. The van der Waals surface area contributed by atoms with Crippen molar-refractivity contribution in [2.45, 2.75) is 33.7 Å². The van der Waals surface area contributed by atoms with Crippen molar-refractivity contribution < 1.29 is 9.28 Å². The first-order valence-corrected chi connectivity index (χ1v) is 7.70. The average Bonchev–Trinajstić information content (AvgIpc) is 2.41. The molecule has 3 nitrogen and oxygen atoms in total. The molecule has 1 amide bonds. The average molecular weight is 328 g/mol. The van der Waals surface area contributed by atoms with Crippen LogP contribution in [0.1, 0.15) is 27.7 Å². The minimum Gasteiger partial charge on any atom is -0.321 e. The van der Waals surface area contributed by atoms with Crippen molar-refractivity contribution >= 4 is 27.5 Å². The monoisotopic (exact) mass is 327 g/mol. The number of hydrogen-bond acceptors (Lipinski definition) is 1. The Bertz CT molecular complexity index is 422. The molecule has 0 aromatic heterocycles. The van der Waals surface area contributed by atoms with Gasteiger partial charge in [-0.3, -0.25) is 4.79 Å². The van der Waals surface area contributed by atoms with Gasteiger partial charge in [-0.2, -0.15) is 0 Å². The number of carbonyl (C=O) groups excluding carboxylic acids is 1. The van der Waals surface area contributed by atoms with E-state index in [0.717, 1.165) is 34.3 Å². The second-order valence-corrected chi connectivity index (χ2v) is 5.76. The van der Waals surface area contributed by atoms with Gasteiger partial charge in [0.2, 0.25) is 0 Å². The quantitative estimate of drug-likeness (QED) is 0.794. The lowest BCUT2D eigenvalue weighted by Gasteiger charge is -2.40. The van der Waals surface area contributed by atoms with E-state index >= 15 is 0 Å². The number of likely N-dealkylation sites (N-methyl/N-ethyl adjacent to an activating group) is 1. The van der Waals surface area contributed by atoms with Gasteiger partial charge in [0.25, 0.3) is 5.91 Å². The van der Waals surface area contributed by atoms with Crippen molar-refractivity contribution in [2.75, 3.05) is 25.0 Å². The fourth-order valence-electron chi connectivity index (χ4n) is 2.55. The Labute approximate surface area is 124 Å². The van der Waals surface area contributed by atoms with Gasteiger partial charge < -0.3 is 9.80 Å². The van der Waals surface area contributed by atoms with Crippen LogP contribution in [0.25, 0.3) is 0 Å². The molecule has 0 bridgehead atoms. The SMILES string of the molecule is CC[N+](CC)(CC)[C@@H](C)C(=O)Nc1cccc(Br)c1. The van der Waals surface area contributed by atoms with E-state index in [1.54, 1.807) is 0 Å². The molecule has 4 heteroatoms. The molecule has 0 saturated heterocycles. The number of amides is 1. The maximum atomic E-state index is 12.4. The molecule has 1 rings (SSSR count). The van der Waals surface area contributed by atoms with Crippen LogP contribution in [0.5, 0.6) is 0 Å². The molecule has 0 unspecified atom stereocenters. The van der Waals surface area contributed by atoms with Gasteiger partial charge in [-0.1, -0.05) is 22.0 Å². The highest BCUT2D eigenvalue weighted by molar-refractivity contribution is 9.10. The van der Waals surface area contributed by atoms with Crippen LogP contribution in [0.2, 0.25) is 0 Å². The number of carbonyl (C=O) groups is 1. The van der Waals surface area contributed by atoms with Gasteiger partial charge in [0.1, 0.15) is 0 Å². The van der Waals surface area contributed by atoms with Crippen LogP contribution >= 0.6 is 15.9 Å². The molecule has 0 spiro atoms. The molecule has 0 saturated carbocycles. The zero-order valence-corrected chi connectivity index (χ0v) is 13.8. The minimum atomic E-state index is -0.0426. The Morgan fingerprint density at radius 1 is 1.26 bits per heavy atom. The van der Waals surface area contributed by atoms with Crippen LogP contribution < -0.4 is 5.32 Å². The van der Waals surface area contributed by atoms with E-state index in [1.807, 2.05) is 31.2 Å². The molecule has 106 valence electrons. The van der Waals surface area contributed by atoms with E-state index < -0.39 is 0 Å². The summed E-state index contributed by atoms with van der Waals surface area (Å²) < 4.78 is 1.79. The third-order valence-corrected chi connectivity index (χ3v) is 4.68. The summed E-state index contributed by atoms with van der Waals surface area (Å²) in [5.41, 5.74) is 0.840. The first-order chi connectivity index (χ1) is 8.99. The summed E-state index contributed by atoms with van der Waals surface area (Å²) in [7, 11) is 0. The van der Waals surface area contributed by atoms with Crippen molar-refractivity contribution in [1.29, 1.82) is 0 Å². The smallest absolute Gasteiger partial charge is 0.282 e. The fourth-order valence-corrected chi connectivity index (χ4v) is 2.95. The Hall–Kier alpha value is -0.870. The number of quaternary nitrogens is 1. The van der Waals surface area contributed by atoms with Crippen LogP contribution in [0.4, 0.5) is 5.69 Å². The number of anilines is 1. The van der Waals surface area contributed by atoms with Crippen LogP contribution in [-0.4, -0.2) is 36.1 Å². The van der Waals surface area contributed by atoms with Gasteiger partial charge in [0, 0.05) is 10.2 Å². The van der Waals surface area contributed by atoms with E-state index in [1.165, 1.54) is 0 Å². The fraction of sp³-hybridized carbons (Fsp3) is 0.533. The maximum absolute atomic E-state index is 12.4. The van der Waals surface area contributed by atoms with Crippen LogP contribution in [0.3, 0.4) is 0 Å². The van der Waals surface area contributed by atoms with Crippen LogP contribution in [0.15, 0.2) is 28.7 Å². The summed E-state index contributed by atoms with van der Waals surface area (Å²) in [5, 5.41) is 3.01. The van der Waals surface area contributed by atoms with Crippen molar-refractivity contribution in [3.63, 3.8) is 0 Å². The highest BCUT2D eigenvalue weighted by Crippen LogP contribution is 2.18. The molecule has 1 aromatic rings. The van der Waals surface area contributed by atoms with Crippen LogP contribution in [0, 0.1) is 0 Å². The number of hydrogen-bond donors (Lipinski definition) is 1. The summed E-state index contributed by atoms with van der Waals surface area (Å²) in [6.45, 7) is 11.4. The summed E-state index contributed by atoms with van der Waals surface area (Å²) in [6, 6.07) is 7.66. The molecule has 0 aliphatic rings. The van der Waals surface area contributed by atoms with Crippen molar-refractivity contribution in [3.8, 4) is 0 Å². The van der Waals surface area contributed by atoms with E-state index in [9.17, 15) is 4.79 Å². The molecule has 0 heterocycles. The van der Waals surface area contributed by atoms with Gasteiger partial charge in [0.05, 0.1) is 19.6 Å². The zero-order chi connectivity index (χ0) is 14.5. The molecule has 1 N–H and O–H groups in total. The lowest BCUT2D eigenvalue weighted by atomic mass is 10.1. The maximum Gasteiger partial charge on any atom is 0.282 e. The van der Waals surface area contributed by atoms with Crippen molar-refractivity contribution in [2.24, 2.45) is 0 Å². The molecule has 0 radical (unpaired) electrons. The zero-order valence-electron chi connectivity index (χ0n) is 12.2. The first kappa shape index (κ1) is 16.2. The third-order valence-electron chi connectivity index (χ3n) is 4.18. The van der Waals surface area contributed by atoms with Gasteiger partial charge in [-0.25, -0.2) is 0 Å². The summed E-state index contributed by atoms with van der Waals surface area (Å²) in [6.07, 6.45) is 0. The Morgan fingerprint density at radius 2 is 1.84 bits per heavy atom.